The third-order valence-electron chi connectivity index (χ3n) is 8.10. The van der Waals surface area contributed by atoms with Gasteiger partial charge in [0.2, 0.25) is 0 Å². The maximum atomic E-state index is 5.53. The Morgan fingerprint density at radius 1 is 0.971 bits per heavy atom. The molecule has 0 saturated heterocycles. The average molecular weight is 600 g/mol. The zero-order valence-corrected chi connectivity index (χ0v) is 26.3. The predicted octanol–water partition coefficient (Wildman–Crippen LogP) is 2.83. The molecule has 0 N–H and O–H groups in total. The van der Waals surface area contributed by atoms with Crippen molar-refractivity contribution in [3.63, 3.8) is 0 Å². The zero-order valence-electron chi connectivity index (χ0n) is 21.4. The van der Waals surface area contributed by atoms with Gasteiger partial charge in [-0.3, -0.25) is 0 Å². The van der Waals surface area contributed by atoms with Gasteiger partial charge in [0.05, 0.1) is 14.3 Å². The van der Waals surface area contributed by atoms with Crippen LogP contribution in [0.15, 0.2) is 70.4 Å². The minimum atomic E-state index is -1.08. The first-order chi connectivity index (χ1) is 15.8. The van der Waals surface area contributed by atoms with E-state index in [1.54, 1.807) is 35.5 Å². The van der Waals surface area contributed by atoms with Gasteiger partial charge in [0.25, 0.3) is 0 Å². The van der Waals surface area contributed by atoms with Gasteiger partial charge in [0.15, 0.2) is 0 Å². The van der Waals surface area contributed by atoms with Crippen LogP contribution in [0.25, 0.3) is 22.4 Å². The summed E-state index contributed by atoms with van der Waals surface area (Å²) in [5, 5.41) is 1.66. The Balaban J connectivity index is 0.000000208. The summed E-state index contributed by atoms with van der Waals surface area (Å²) in [5.41, 5.74) is 12.3. The van der Waals surface area contributed by atoms with Crippen LogP contribution in [0, 0.1) is 0 Å². The molecule has 4 aliphatic rings. The fourth-order valence-electron chi connectivity index (χ4n) is 6.13. The molecule has 35 heavy (non-hydrogen) atoms. The van der Waals surface area contributed by atoms with Gasteiger partial charge < -0.3 is 29.2 Å². The van der Waals surface area contributed by atoms with E-state index in [1.807, 2.05) is 6.26 Å². The fraction of sp³-hybridized carbons (Fsp3) is 0.333. The number of halogens is 2. The Labute approximate surface area is 239 Å². The topological polar surface area (TPSA) is 13.1 Å². The summed E-state index contributed by atoms with van der Waals surface area (Å²) in [7, 11) is -1.08. The Bertz CT molecular complexity index is 1290. The van der Waals surface area contributed by atoms with Crippen molar-refractivity contribution in [3.05, 3.63) is 94.0 Å². The van der Waals surface area contributed by atoms with Gasteiger partial charge in [-0.05, 0) is 18.2 Å². The minimum Gasteiger partial charge on any atom is -1.00 e. The minimum absolute atomic E-state index is 0. The monoisotopic (exact) mass is 597 g/mol. The summed E-state index contributed by atoms with van der Waals surface area (Å²) < 4.78 is 6.17. The summed E-state index contributed by atoms with van der Waals surface area (Å²) in [6.45, 7) is 13.9. The molecule has 5 heteroatoms. The number of furan rings is 1. The molecule has 2 aliphatic heterocycles. The molecule has 0 spiro atoms. The second kappa shape index (κ2) is 10.7. The molecule has 3 heterocycles. The van der Waals surface area contributed by atoms with Gasteiger partial charge in [-0.15, -0.1) is 0 Å². The maximum absolute atomic E-state index is 5.53. The Hall–Kier alpha value is -1.12. The number of fused-ring (bicyclic) bond motifs is 1. The van der Waals surface area contributed by atoms with E-state index >= 15 is 0 Å². The molecule has 3 atom stereocenters. The van der Waals surface area contributed by atoms with Crippen molar-refractivity contribution >= 4 is 19.3 Å². The van der Waals surface area contributed by atoms with Crippen LogP contribution < -0.4 is 24.8 Å². The molecule has 3 aromatic rings. The van der Waals surface area contributed by atoms with E-state index < -0.39 is 8.07 Å². The second-order valence-electron chi connectivity index (χ2n) is 10.5. The summed E-state index contributed by atoms with van der Waals surface area (Å²) in [5.74, 6) is 1.91. The van der Waals surface area contributed by atoms with E-state index in [1.165, 1.54) is 51.1 Å². The van der Waals surface area contributed by atoms with E-state index in [2.05, 4.69) is 95.4 Å². The number of hydrogen-bond donors (Lipinski definition) is 0. The first kappa shape index (κ1) is 28.5. The average Bonchev–Trinajstić information content (AvgIpc) is 3.50. The molecule has 3 unspecified atom stereocenters. The normalized spacial score (nSPS) is 20.9. The Morgan fingerprint density at radius 3 is 2.26 bits per heavy atom. The first-order valence-electron chi connectivity index (χ1n) is 12.2. The molecule has 2 bridgehead atoms. The summed E-state index contributed by atoms with van der Waals surface area (Å²) in [4.78, 5) is 0. The van der Waals surface area contributed by atoms with Crippen LogP contribution in [0.2, 0.25) is 13.1 Å². The molecule has 7 rings (SSSR count). The van der Waals surface area contributed by atoms with Gasteiger partial charge in [-0.1, -0.05) is 18.7 Å². The standard InChI is InChI=1S/C20H21.C10H12OSi.2ClH.Zr/c1-4-15(3)16-8-10-17(11-9-16)19-7-5-6-18-12-14(2)13-20(18)19;1-6-9-7-4-5-11-8(7)10(6)12(9,2)3;;;/h5-13,15H,4H2,1-3H3;4-5,10H,1-3H3;2*1H;/q;;;;+2/p-2. The van der Waals surface area contributed by atoms with E-state index in [-0.39, 0.29) is 24.8 Å². The quantitative estimate of drug-likeness (QED) is 0.423. The van der Waals surface area contributed by atoms with Crippen molar-refractivity contribution in [2.45, 2.75) is 62.3 Å². The van der Waals surface area contributed by atoms with Crippen LogP contribution in [-0.2, 0) is 24.7 Å². The molecular formula is C30H33Cl2OSiZr. The zero-order chi connectivity index (χ0) is 23.5. The van der Waals surface area contributed by atoms with Crippen LogP contribution in [0.1, 0.15) is 77.2 Å². The largest absolute Gasteiger partial charge is 1.00 e. The van der Waals surface area contributed by atoms with Crippen molar-refractivity contribution in [2.75, 3.05) is 0 Å². The molecule has 0 fully saturated rings. The Kier molecular flexibility index (Phi) is 8.70. The third kappa shape index (κ3) is 4.56. The van der Waals surface area contributed by atoms with Crippen molar-refractivity contribution < 1.29 is 54.0 Å². The van der Waals surface area contributed by atoms with Crippen LogP contribution in [0.4, 0.5) is 0 Å². The van der Waals surface area contributed by atoms with Crippen molar-refractivity contribution in [3.8, 4) is 11.1 Å². The van der Waals surface area contributed by atoms with E-state index in [9.17, 15) is 0 Å². The van der Waals surface area contributed by atoms with Gasteiger partial charge in [-0.2, -0.15) is 0 Å². The van der Waals surface area contributed by atoms with Crippen molar-refractivity contribution in [1.82, 2.24) is 0 Å². The van der Waals surface area contributed by atoms with Crippen LogP contribution in [0.5, 0.6) is 0 Å². The number of allylic oxidation sites excluding steroid dienone is 2. The van der Waals surface area contributed by atoms with Crippen LogP contribution in [-0.4, -0.2) is 8.07 Å². The van der Waals surface area contributed by atoms with E-state index in [0.29, 0.717) is 15.1 Å². The van der Waals surface area contributed by atoms with E-state index in [0.717, 1.165) is 0 Å². The number of rotatable bonds is 3. The van der Waals surface area contributed by atoms with Gasteiger partial charge >= 0.3 is 143 Å². The molecular weight excluding hydrogens is 567 g/mol. The SMILES string of the molecule is CC1=C2c3ccoc3C1[Si]2(C)C.CCC(C)c1ccc(-c2cccc3c2C=C(C)[CH]3[Zr+2])cc1.[Cl-].[Cl-]. The van der Waals surface area contributed by atoms with Crippen LogP contribution >= 0.6 is 0 Å². The summed E-state index contributed by atoms with van der Waals surface area (Å²) in [6.07, 6.45) is 5.41. The second-order valence-corrected chi connectivity index (χ2v) is 16.4. The molecule has 1 nitrogen and oxygen atoms in total. The molecule has 181 valence electrons. The fourth-order valence-corrected chi connectivity index (χ4v) is 11.2. The first-order valence-corrected chi connectivity index (χ1v) is 16.7. The summed E-state index contributed by atoms with van der Waals surface area (Å²) in [6, 6.07) is 18.1. The van der Waals surface area contributed by atoms with Crippen molar-refractivity contribution in [2.24, 2.45) is 0 Å². The smallest absolute Gasteiger partial charge is 1.00 e. The van der Waals surface area contributed by atoms with Crippen LogP contribution in [0.3, 0.4) is 0 Å². The number of hydrogen-bond acceptors (Lipinski definition) is 1. The van der Waals surface area contributed by atoms with Crippen molar-refractivity contribution in [1.29, 1.82) is 0 Å². The molecule has 2 aliphatic carbocycles. The molecule has 1 aromatic heterocycles. The molecule has 0 radical (unpaired) electrons. The Morgan fingerprint density at radius 2 is 1.66 bits per heavy atom. The predicted molar refractivity (Wildman–Crippen MR) is 139 cm³/mol. The molecule has 0 amide bonds. The third-order valence-corrected chi connectivity index (χ3v) is 14.1. The van der Waals surface area contributed by atoms with Gasteiger partial charge in [0.1, 0.15) is 5.76 Å². The molecule has 2 aromatic carbocycles. The summed E-state index contributed by atoms with van der Waals surface area (Å²) >= 11 is 1.59. The maximum Gasteiger partial charge on any atom is -1.00 e. The number of benzene rings is 2. The van der Waals surface area contributed by atoms with Gasteiger partial charge in [0, 0.05) is 11.1 Å². The van der Waals surface area contributed by atoms with Gasteiger partial charge in [-0.25, -0.2) is 0 Å². The van der Waals surface area contributed by atoms with E-state index in [4.69, 9.17) is 4.42 Å². The molecule has 0 saturated carbocycles.